The minimum absolute atomic E-state index is 0.250. The minimum atomic E-state index is -1.53. The first-order chi connectivity index (χ1) is 17.0. The summed E-state index contributed by atoms with van der Waals surface area (Å²) in [5, 5.41) is 22.4. The fraction of sp³-hybridized carbons (Fsp3) is 0.250. The number of benzene rings is 2. The number of anilines is 1. The van der Waals surface area contributed by atoms with E-state index in [0.29, 0.717) is 40.4 Å². The molecule has 1 amide bonds. The maximum Gasteiger partial charge on any atom is 0.488 e. The van der Waals surface area contributed by atoms with Crippen molar-refractivity contribution in [2.45, 2.75) is 32.2 Å². The van der Waals surface area contributed by atoms with E-state index >= 15 is 0 Å². The third-order valence-corrected chi connectivity index (χ3v) is 6.18. The number of nitrogens with two attached hydrogens (primary N) is 1. The van der Waals surface area contributed by atoms with Crippen molar-refractivity contribution >= 4 is 35.3 Å². The molecule has 0 saturated heterocycles. The average Bonchev–Trinajstić information content (AvgIpc) is 3.26. The van der Waals surface area contributed by atoms with Crippen LogP contribution in [0.25, 0.3) is 17.0 Å². The van der Waals surface area contributed by atoms with Gasteiger partial charge in [-0.15, -0.1) is 0 Å². The number of nitrogens with zero attached hydrogens (tertiary/aromatic N) is 4. The van der Waals surface area contributed by atoms with Crippen LogP contribution in [0.15, 0.2) is 42.5 Å². The number of methoxy groups -OCH3 is 1. The minimum Gasteiger partial charge on any atom is -0.468 e. The predicted octanol–water partition coefficient (Wildman–Crippen LogP) is 1.09. The molecule has 1 aliphatic rings. The second-order valence-electron chi connectivity index (χ2n) is 8.45. The highest BCUT2D eigenvalue weighted by molar-refractivity contribution is 6.58. The number of nitrogens with one attached hydrogen (secondary N) is 1. The summed E-state index contributed by atoms with van der Waals surface area (Å²) in [5.74, 6) is 0.509. The van der Waals surface area contributed by atoms with Crippen LogP contribution in [-0.2, 0) is 19.4 Å². The Morgan fingerprint density at radius 1 is 1.14 bits per heavy atom. The van der Waals surface area contributed by atoms with Gasteiger partial charge >= 0.3 is 13.1 Å². The van der Waals surface area contributed by atoms with E-state index in [4.69, 9.17) is 20.4 Å². The SMILES string of the molecule is COc1nc2c(C(N)=O)cccc2n1-c1nc2c(c(NCc3cccc(B(O)O)c3)n1)CCCC2. The molecule has 0 atom stereocenters. The largest absolute Gasteiger partial charge is 0.488 e. The van der Waals surface area contributed by atoms with Gasteiger partial charge in [0.25, 0.3) is 5.91 Å². The van der Waals surface area contributed by atoms with Gasteiger partial charge in [-0.05, 0) is 48.8 Å². The van der Waals surface area contributed by atoms with Crippen molar-refractivity contribution in [3.63, 3.8) is 0 Å². The van der Waals surface area contributed by atoms with Gasteiger partial charge in [-0.3, -0.25) is 4.79 Å². The lowest BCUT2D eigenvalue weighted by molar-refractivity contribution is 0.100. The molecule has 10 nitrogen and oxygen atoms in total. The Hall–Kier alpha value is -3.96. The van der Waals surface area contributed by atoms with Gasteiger partial charge in [0.15, 0.2) is 0 Å². The van der Waals surface area contributed by atoms with E-state index in [1.807, 2.05) is 12.1 Å². The fourth-order valence-corrected chi connectivity index (χ4v) is 4.48. The maximum absolute atomic E-state index is 12.0. The van der Waals surface area contributed by atoms with E-state index < -0.39 is 13.0 Å². The number of fused-ring (bicyclic) bond motifs is 2. The zero-order valence-electron chi connectivity index (χ0n) is 19.2. The van der Waals surface area contributed by atoms with E-state index in [2.05, 4.69) is 10.3 Å². The van der Waals surface area contributed by atoms with Crippen LogP contribution in [0.3, 0.4) is 0 Å². The summed E-state index contributed by atoms with van der Waals surface area (Å²) in [6, 6.07) is 12.5. The number of hydrogen-bond acceptors (Lipinski definition) is 8. The van der Waals surface area contributed by atoms with Gasteiger partial charge in [0.05, 0.1) is 23.9 Å². The van der Waals surface area contributed by atoms with Crippen molar-refractivity contribution in [3.05, 3.63) is 64.8 Å². The first-order valence-electron chi connectivity index (χ1n) is 11.4. The van der Waals surface area contributed by atoms with E-state index in [9.17, 15) is 14.8 Å². The summed E-state index contributed by atoms with van der Waals surface area (Å²) in [4.78, 5) is 26.1. The number of rotatable bonds is 7. The molecule has 0 unspecified atom stereocenters. The van der Waals surface area contributed by atoms with Crippen LogP contribution in [0.2, 0.25) is 0 Å². The number of hydrogen-bond donors (Lipinski definition) is 4. The quantitative estimate of drug-likeness (QED) is 0.292. The third kappa shape index (κ3) is 4.31. The van der Waals surface area contributed by atoms with Crippen LogP contribution in [0.5, 0.6) is 6.01 Å². The van der Waals surface area contributed by atoms with Gasteiger partial charge in [-0.1, -0.05) is 30.3 Å². The van der Waals surface area contributed by atoms with Gasteiger partial charge in [0.1, 0.15) is 11.3 Å². The molecule has 2 aromatic heterocycles. The molecule has 0 bridgehead atoms. The Kier molecular flexibility index (Phi) is 6.10. The molecule has 11 heteroatoms. The number of aryl methyl sites for hydroxylation is 1. The number of aromatic nitrogens is 4. The normalized spacial score (nSPS) is 12.9. The van der Waals surface area contributed by atoms with E-state index in [1.54, 1.807) is 34.9 Å². The van der Waals surface area contributed by atoms with Gasteiger partial charge in [-0.2, -0.15) is 9.97 Å². The van der Waals surface area contributed by atoms with Gasteiger partial charge in [0, 0.05) is 12.1 Å². The smallest absolute Gasteiger partial charge is 0.468 e. The van der Waals surface area contributed by atoms with Gasteiger partial charge in [-0.25, -0.2) is 9.55 Å². The Labute approximate surface area is 201 Å². The third-order valence-electron chi connectivity index (χ3n) is 6.18. The molecule has 178 valence electrons. The summed E-state index contributed by atoms with van der Waals surface area (Å²) >= 11 is 0. The molecule has 0 saturated carbocycles. The summed E-state index contributed by atoms with van der Waals surface area (Å²) in [6.45, 7) is 0.442. The molecule has 0 spiro atoms. The lowest BCUT2D eigenvalue weighted by Gasteiger charge is -2.20. The lowest BCUT2D eigenvalue weighted by Crippen LogP contribution is -2.30. The Bertz CT molecular complexity index is 1420. The van der Waals surface area contributed by atoms with Crippen LogP contribution < -0.4 is 21.3 Å². The van der Waals surface area contributed by atoms with E-state index in [-0.39, 0.29) is 6.01 Å². The number of amides is 1. The second-order valence-corrected chi connectivity index (χ2v) is 8.45. The summed E-state index contributed by atoms with van der Waals surface area (Å²) in [6.07, 6.45) is 3.77. The Balaban J connectivity index is 1.59. The summed E-state index contributed by atoms with van der Waals surface area (Å²) < 4.78 is 7.21. The zero-order valence-corrected chi connectivity index (χ0v) is 19.2. The fourth-order valence-electron chi connectivity index (χ4n) is 4.48. The lowest BCUT2D eigenvalue weighted by atomic mass is 9.79. The van der Waals surface area contributed by atoms with Crippen molar-refractivity contribution in [1.29, 1.82) is 0 Å². The molecule has 2 heterocycles. The van der Waals surface area contributed by atoms with Crippen molar-refractivity contribution < 1.29 is 19.6 Å². The van der Waals surface area contributed by atoms with Crippen LogP contribution in [-0.4, -0.2) is 49.7 Å². The van der Waals surface area contributed by atoms with Crippen molar-refractivity contribution in [1.82, 2.24) is 19.5 Å². The van der Waals surface area contributed by atoms with Crippen LogP contribution in [0.4, 0.5) is 5.82 Å². The molecule has 2 aromatic carbocycles. The van der Waals surface area contributed by atoms with Crippen molar-refractivity contribution in [2.75, 3.05) is 12.4 Å². The number of imidazole rings is 1. The topological polar surface area (TPSA) is 148 Å². The maximum atomic E-state index is 12.0. The predicted molar refractivity (Wildman–Crippen MR) is 132 cm³/mol. The van der Waals surface area contributed by atoms with Crippen LogP contribution in [0, 0.1) is 0 Å². The molecule has 4 aromatic rings. The number of primary amides is 1. The van der Waals surface area contributed by atoms with E-state index in [0.717, 1.165) is 42.5 Å². The number of ether oxygens (including phenoxy) is 1. The molecule has 5 N–H and O–H groups in total. The highest BCUT2D eigenvalue weighted by atomic mass is 16.5. The first-order valence-corrected chi connectivity index (χ1v) is 11.4. The van der Waals surface area contributed by atoms with E-state index in [1.165, 1.54) is 7.11 Å². The average molecular weight is 472 g/mol. The second kappa shape index (κ2) is 9.36. The molecular weight excluding hydrogens is 447 g/mol. The van der Waals surface area contributed by atoms with Gasteiger partial charge < -0.3 is 25.8 Å². The van der Waals surface area contributed by atoms with Crippen LogP contribution in [0.1, 0.15) is 40.0 Å². The number of para-hydroxylation sites is 1. The van der Waals surface area contributed by atoms with Crippen LogP contribution >= 0.6 is 0 Å². The highest BCUT2D eigenvalue weighted by Crippen LogP contribution is 2.31. The number of carbonyl (C=O) groups is 1. The summed E-state index contributed by atoms with van der Waals surface area (Å²) in [7, 11) is -0.0254. The Morgan fingerprint density at radius 3 is 2.71 bits per heavy atom. The molecular formula is C24H25BN6O4. The molecule has 0 fully saturated rings. The van der Waals surface area contributed by atoms with Gasteiger partial charge in [0.2, 0.25) is 5.95 Å². The molecule has 1 aliphatic carbocycles. The van der Waals surface area contributed by atoms with Crippen molar-refractivity contribution in [2.24, 2.45) is 5.73 Å². The summed E-state index contributed by atoms with van der Waals surface area (Å²) in [5.41, 5.74) is 10.2. The van der Waals surface area contributed by atoms with Crippen molar-refractivity contribution in [3.8, 4) is 12.0 Å². The Morgan fingerprint density at radius 2 is 1.94 bits per heavy atom. The molecule has 0 aliphatic heterocycles. The first kappa shape index (κ1) is 22.8. The molecule has 0 radical (unpaired) electrons. The molecule has 35 heavy (non-hydrogen) atoms. The zero-order chi connectivity index (χ0) is 24.5. The highest BCUT2D eigenvalue weighted by Gasteiger charge is 2.23. The standard InChI is InChI=1S/C24H25BN6O4/c1-35-24-29-20-17(21(26)32)9-5-11-19(20)31(24)23-28-18-10-3-2-8-16(18)22(30-23)27-13-14-6-4-7-15(12-14)25(33)34/h4-7,9,11-12,33-34H,2-3,8,10,13H2,1H3,(H2,26,32)(H,27,28,30). The number of carbonyl (C=O) groups excluding carboxylic acids is 1. The monoisotopic (exact) mass is 472 g/mol. The molecule has 5 rings (SSSR count).